The van der Waals surface area contributed by atoms with Crippen LogP contribution in [0.3, 0.4) is 0 Å². The van der Waals surface area contributed by atoms with E-state index in [0.29, 0.717) is 23.5 Å². The van der Waals surface area contributed by atoms with Crippen LogP contribution in [-0.2, 0) is 22.6 Å². The number of benzene rings is 4. The van der Waals surface area contributed by atoms with Crippen molar-refractivity contribution in [3.63, 3.8) is 0 Å². The van der Waals surface area contributed by atoms with Crippen molar-refractivity contribution in [1.82, 2.24) is 20.1 Å². The monoisotopic (exact) mass is 820 g/mol. The molecule has 10 nitrogen and oxygen atoms in total. The van der Waals surface area contributed by atoms with E-state index in [4.69, 9.17) is 24.0 Å². The molecule has 2 aliphatic heterocycles. The van der Waals surface area contributed by atoms with Gasteiger partial charge in [-0.25, -0.2) is 0 Å². The minimum atomic E-state index is -1.48. The molecular formula is C44H50BBrN4O6. The molecule has 6 aromatic rings. The molecule has 12 heteroatoms. The van der Waals surface area contributed by atoms with Crippen LogP contribution in [0, 0.1) is 27.7 Å². The molecule has 8 rings (SSSR count). The van der Waals surface area contributed by atoms with Gasteiger partial charge in [0, 0.05) is 41.7 Å². The number of hydrogen-bond acceptors (Lipinski definition) is 10. The number of rotatable bonds is 4. The molecule has 56 heavy (non-hydrogen) atoms. The first-order chi connectivity index (χ1) is 27.0. The number of hydrogen-bond donors (Lipinski definition) is 2. The highest BCUT2D eigenvalue weighted by Gasteiger charge is 2.25. The van der Waals surface area contributed by atoms with E-state index >= 15 is 0 Å². The van der Waals surface area contributed by atoms with Gasteiger partial charge < -0.3 is 28.6 Å². The summed E-state index contributed by atoms with van der Waals surface area (Å²) in [5.74, 6) is 1.30. The van der Waals surface area contributed by atoms with Crippen LogP contribution in [0.4, 0.5) is 0 Å². The lowest BCUT2D eigenvalue weighted by Gasteiger charge is -2.29. The number of halogens is 1. The molecule has 4 heterocycles. The molecule has 0 saturated heterocycles. The fourth-order valence-corrected chi connectivity index (χ4v) is 7.60. The molecule has 0 bridgehead atoms. The highest BCUT2D eigenvalue weighted by atomic mass is 79.9. The molecule has 4 aromatic carbocycles. The summed E-state index contributed by atoms with van der Waals surface area (Å²) in [6.45, 7) is 12.5. The largest absolute Gasteiger partial charge is 0.494 e. The highest BCUT2D eigenvalue weighted by molar-refractivity contribution is 9.10. The first kappa shape index (κ1) is 41.2. The molecule has 0 saturated carbocycles. The quantitative estimate of drug-likeness (QED) is 0.174. The minimum Gasteiger partial charge on any atom is -0.423 e. The second kappa shape index (κ2) is 19.2. The lowest BCUT2D eigenvalue weighted by atomic mass is 9.79. The first-order valence-corrected chi connectivity index (χ1v) is 19.6. The summed E-state index contributed by atoms with van der Waals surface area (Å²) >= 11 is 3.58. The van der Waals surface area contributed by atoms with Gasteiger partial charge in [-0.05, 0) is 98.9 Å². The second-order valence-corrected chi connectivity index (χ2v) is 15.3. The van der Waals surface area contributed by atoms with E-state index in [-0.39, 0.29) is 12.2 Å². The van der Waals surface area contributed by atoms with Crippen LogP contribution in [-0.4, -0.2) is 77.7 Å². The molecule has 2 unspecified atom stereocenters. The van der Waals surface area contributed by atoms with Crippen LogP contribution in [0.5, 0.6) is 0 Å². The van der Waals surface area contributed by atoms with Crippen molar-refractivity contribution < 1.29 is 28.6 Å². The Kier molecular flexibility index (Phi) is 14.1. The highest BCUT2D eigenvalue weighted by Crippen LogP contribution is 2.36. The maximum absolute atomic E-state index is 8.73. The first-order valence-electron chi connectivity index (χ1n) is 18.8. The summed E-state index contributed by atoms with van der Waals surface area (Å²) in [6, 6.07) is 34.1. The Labute approximate surface area is 338 Å². The summed E-state index contributed by atoms with van der Waals surface area (Å²) in [5, 5.41) is 25.1. The molecular weight excluding hydrogens is 771 g/mol. The van der Waals surface area contributed by atoms with E-state index in [2.05, 4.69) is 140 Å². The van der Waals surface area contributed by atoms with Gasteiger partial charge >= 0.3 is 7.12 Å². The molecule has 0 spiro atoms. The molecule has 292 valence electrons. The van der Waals surface area contributed by atoms with E-state index < -0.39 is 7.12 Å². The second-order valence-electron chi connectivity index (χ2n) is 14.4. The lowest BCUT2D eigenvalue weighted by Crippen LogP contribution is -2.32. The Hall–Kier alpha value is -4.40. The van der Waals surface area contributed by atoms with Crippen molar-refractivity contribution in [3.05, 3.63) is 158 Å². The zero-order valence-corrected chi connectivity index (χ0v) is 34.5. The van der Waals surface area contributed by atoms with E-state index in [0.717, 1.165) is 59.8 Å². The third-order valence-electron chi connectivity index (χ3n) is 10.1. The van der Waals surface area contributed by atoms with Crippen LogP contribution in [0.25, 0.3) is 11.1 Å². The maximum Gasteiger partial charge on any atom is 0.494 e. The third kappa shape index (κ3) is 10.1. The third-order valence-corrected chi connectivity index (χ3v) is 10.6. The normalized spacial score (nSPS) is 17.4. The Morgan fingerprint density at radius 2 is 1.14 bits per heavy atom. The van der Waals surface area contributed by atoms with Gasteiger partial charge in [-0.15, -0.1) is 0 Å². The number of ether oxygens (including phenoxy) is 2. The fraction of sp³-hybridized carbons (Fsp3) is 0.318. The average molecular weight is 822 g/mol. The summed E-state index contributed by atoms with van der Waals surface area (Å²) < 4.78 is 23.6. The molecule has 2 aromatic heterocycles. The number of likely N-dealkylation sites (N-methyl/N-ethyl adjacent to an activating group) is 2. The predicted octanol–water partition coefficient (Wildman–Crippen LogP) is 7.48. The van der Waals surface area contributed by atoms with Gasteiger partial charge in [-0.1, -0.05) is 105 Å². The van der Waals surface area contributed by atoms with Crippen molar-refractivity contribution in [2.75, 3.05) is 40.4 Å². The standard InChI is InChI=1S/C22H24N2O2.C17H18BrNO.C5H8BNO3/c1-15-21(16(2)26-23-15)18-9-10-19-14-24(3)11-12-25-22(20(19)13-18)17-7-5-4-6-8-17;1-19-9-10-20-17(13-5-3-2-4-6-13)16-11-15(18)8-7-14(16)12-19;1-3-5(6(8)9)4(2)10-7-3/h4-10,13,22H,11-12,14H2,1-3H3;2-8,11,17H,9-10,12H2,1H3;8-9H,1-2H3. The minimum absolute atomic E-state index is 0.0254. The Morgan fingerprint density at radius 1 is 0.643 bits per heavy atom. The summed E-state index contributed by atoms with van der Waals surface area (Å²) in [4.78, 5) is 4.60. The van der Waals surface area contributed by atoms with Crippen molar-refractivity contribution in [1.29, 1.82) is 0 Å². The SMILES string of the molecule is CN1CCOC(c2ccccc2)c2cc(Br)ccc2C1.Cc1noc(C)c1-c1ccc2c(c1)C(c1ccccc1)OCCN(C)C2.Cc1noc(C)c1B(O)O. The zero-order chi connectivity index (χ0) is 39.8. The molecule has 2 atom stereocenters. The van der Waals surface area contributed by atoms with E-state index in [1.54, 1.807) is 13.8 Å². The molecule has 0 radical (unpaired) electrons. The number of aryl methyl sites for hydroxylation is 4. The van der Waals surface area contributed by atoms with Gasteiger partial charge in [-0.3, -0.25) is 9.80 Å². The van der Waals surface area contributed by atoms with Crippen molar-refractivity contribution >= 4 is 28.5 Å². The molecule has 2 aliphatic rings. The Bertz CT molecular complexity index is 2140. The van der Waals surface area contributed by atoms with Gasteiger partial charge in [0.05, 0.1) is 24.6 Å². The summed E-state index contributed by atoms with van der Waals surface area (Å²) in [6.07, 6.45) is -0.0299. The van der Waals surface area contributed by atoms with Gasteiger partial charge in [0.2, 0.25) is 0 Å². The van der Waals surface area contributed by atoms with E-state index in [1.807, 2.05) is 26.0 Å². The van der Waals surface area contributed by atoms with Gasteiger partial charge in [-0.2, -0.15) is 0 Å². The van der Waals surface area contributed by atoms with Crippen LogP contribution >= 0.6 is 15.9 Å². The van der Waals surface area contributed by atoms with Gasteiger partial charge in [0.25, 0.3) is 0 Å². The summed E-state index contributed by atoms with van der Waals surface area (Å²) in [5.41, 5.74) is 11.5. The van der Waals surface area contributed by atoms with E-state index in [9.17, 15) is 0 Å². The fourth-order valence-electron chi connectivity index (χ4n) is 7.23. The molecule has 0 fully saturated rings. The van der Waals surface area contributed by atoms with Crippen LogP contribution in [0.1, 0.15) is 68.5 Å². The van der Waals surface area contributed by atoms with Crippen LogP contribution in [0.2, 0.25) is 0 Å². The van der Waals surface area contributed by atoms with Crippen LogP contribution in [0.15, 0.2) is 111 Å². The lowest BCUT2D eigenvalue weighted by molar-refractivity contribution is 0.0553. The number of nitrogens with zero attached hydrogens (tertiary/aromatic N) is 4. The summed E-state index contributed by atoms with van der Waals surface area (Å²) in [7, 11) is 2.79. The Morgan fingerprint density at radius 3 is 1.61 bits per heavy atom. The van der Waals surface area contributed by atoms with Gasteiger partial charge in [0.15, 0.2) is 0 Å². The van der Waals surface area contributed by atoms with Crippen molar-refractivity contribution in [2.45, 2.75) is 53.0 Å². The predicted molar refractivity (Wildman–Crippen MR) is 222 cm³/mol. The number of fused-ring (bicyclic) bond motifs is 2. The molecule has 0 amide bonds. The zero-order valence-electron chi connectivity index (χ0n) is 32.9. The number of aromatic nitrogens is 2. The van der Waals surface area contributed by atoms with Crippen molar-refractivity contribution in [2.24, 2.45) is 0 Å². The topological polar surface area (TPSA) is 117 Å². The Balaban J connectivity index is 0.000000156. The van der Waals surface area contributed by atoms with Crippen LogP contribution < -0.4 is 5.46 Å². The molecule has 2 N–H and O–H groups in total. The maximum atomic E-state index is 8.73. The van der Waals surface area contributed by atoms with Crippen molar-refractivity contribution in [3.8, 4) is 11.1 Å². The average Bonchev–Trinajstić information content (AvgIpc) is 3.70. The van der Waals surface area contributed by atoms with E-state index in [1.165, 1.54) is 33.4 Å². The smallest absolute Gasteiger partial charge is 0.423 e. The molecule has 0 aliphatic carbocycles. The van der Waals surface area contributed by atoms with Gasteiger partial charge in [0.1, 0.15) is 23.7 Å².